The number of aromatic hydroxyl groups is 1. The van der Waals surface area contributed by atoms with Gasteiger partial charge in [0.05, 0.1) is 35.5 Å². The first-order chi connectivity index (χ1) is 29.7. The molecule has 0 unspecified atom stereocenters. The van der Waals surface area contributed by atoms with Gasteiger partial charge in [0, 0.05) is 67.7 Å². The zero-order valence-electron chi connectivity index (χ0n) is 37.5. The Balaban J connectivity index is 1.60. The van der Waals surface area contributed by atoms with Gasteiger partial charge in [-0.15, -0.1) is 0 Å². The van der Waals surface area contributed by atoms with Crippen molar-refractivity contribution in [3.05, 3.63) is 75.7 Å². The van der Waals surface area contributed by atoms with E-state index in [1.807, 2.05) is 19.0 Å². The molecule has 9 atom stereocenters. The van der Waals surface area contributed by atoms with Crippen LogP contribution in [0.4, 0.5) is 5.69 Å². The summed E-state index contributed by atoms with van der Waals surface area (Å²) in [6, 6.07) is 5.03. The van der Waals surface area contributed by atoms with Crippen molar-refractivity contribution in [2.45, 2.75) is 85.6 Å². The van der Waals surface area contributed by atoms with Crippen LogP contribution in [-0.4, -0.2) is 107 Å². The number of amides is 1. The van der Waals surface area contributed by atoms with Crippen LogP contribution in [0.5, 0.6) is 17.2 Å². The van der Waals surface area contributed by atoms with Crippen LogP contribution in [-0.2, 0) is 23.8 Å². The number of aliphatic hydroxyl groups is 2. The number of nitrogens with zero attached hydrogens (tertiary/aromatic N) is 2. The minimum atomic E-state index is -2.06. The van der Waals surface area contributed by atoms with Crippen LogP contribution in [0.3, 0.4) is 0 Å². The predicted molar refractivity (Wildman–Crippen MR) is 236 cm³/mol. The number of phenols is 1. The van der Waals surface area contributed by atoms with Crippen molar-refractivity contribution in [1.29, 1.82) is 0 Å². The molecule has 0 spiro atoms. The molecule has 4 bridgehead atoms. The lowest BCUT2D eigenvalue weighted by atomic mass is 9.78. The summed E-state index contributed by atoms with van der Waals surface area (Å²) < 4.78 is 36.4. The van der Waals surface area contributed by atoms with Gasteiger partial charge < -0.3 is 53.6 Å². The van der Waals surface area contributed by atoms with Gasteiger partial charge >= 0.3 is 11.8 Å². The number of aromatic nitrogens is 1. The van der Waals surface area contributed by atoms with Crippen LogP contribution in [0.1, 0.15) is 64.4 Å². The van der Waals surface area contributed by atoms with Crippen molar-refractivity contribution < 1.29 is 57.8 Å². The first-order valence-electron chi connectivity index (χ1n) is 20.9. The number of methoxy groups -OCH3 is 1. The molecule has 3 aromatic carbocycles. The van der Waals surface area contributed by atoms with Gasteiger partial charge in [-0.3, -0.25) is 19.2 Å². The Morgan fingerprint density at radius 2 is 1.70 bits per heavy atom. The monoisotopic (exact) mass is 871 g/mol. The van der Waals surface area contributed by atoms with Crippen molar-refractivity contribution in [3.8, 4) is 17.2 Å². The first-order valence-corrected chi connectivity index (χ1v) is 20.9. The number of benzene rings is 3. The van der Waals surface area contributed by atoms with Crippen LogP contribution >= 0.6 is 0 Å². The normalized spacial score (nSPS) is 29.0. The van der Waals surface area contributed by atoms with Crippen molar-refractivity contribution in [3.63, 3.8) is 0 Å². The Morgan fingerprint density at radius 1 is 0.984 bits per heavy atom. The van der Waals surface area contributed by atoms with E-state index >= 15 is 0 Å². The zero-order chi connectivity index (χ0) is 46.2. The van der Waals surface area contributed by atoms with Gasteiger partial charge in [-0.2, -0.15) is 0 Å². The molecule has 4 N–H and O–H groups in total. The number of anilines is 1. The summed E-state index contributed by atoms with van der Waals surface area (Å²) in [6.45, 7) is 13.4. The molecule has 6 rings (SSSR count). The molecule has 2 aliphatic rings. The lowest BCUT2D eigenvalue weighted by Gasteiger charge is -2.38. The number of para-hydroxylation sites is 1. The second-order valence-corrected chi connectivity index (χ2v) is 17.0. The summed E-state index contributed by atoms with van der Waals surface area (Å²) in [5.74, 6) is -6.96. The Labute approximate surface area is 365 Å². The number of ketones is 1. The standard InChI is InChI=1S/C47H57N3O13/c1-22-14-12-15-23(2)46(57)49-37-41(55)33-32(36-44(37)62-31-17-13-16-30(35(31)48-36)59-21-19-50(9)10)34-43(27(6)40(33)54)63-47(8,45(34)56)60-20-18-29(58-11)24(3)42(61-28(7)51)26(5)39(53)25(4)38(22)52/h12-18,20,22,24-26,29,38-39,42,52-53,55H,19,21H2,1-11H3,(H,49,57)/b14-12+,20-18+,23-15-/t22-,24+,25+,26+,29-,38-,39+,42+,47-/m0/s1. The second-order valence-electron chi connectivity index (χ2n) is 17.0. The lowest BCUT2D eigenvalue weighted by molar-refractivity contribution is -0.160. The number of aliphatic hydroxyl groups excluding tert-OH is 2. The van der Waals surface area contributed by atoms with E-state index in [1.54, 1.807) is 58.0 Å². The van der Waals surface area contributed by atoms with Crippen molar-refractivity contribution in [1.82, 2.24) is 9.88 Å². The van der Waals surface area contributed by atoms with Gasteiger partial charge in [-0.05, 0) is 46.2 Å². The number of hydrogen-bond donors (Lipinski definition) is 4. The summed E-state index contributed by atoms with van der Waals surface area (Å²) in [5.41, 5.74) is -0.651. The molecule has 0 saturated carbocycles. The number of ether oxygens (including phenoxy) is 5. The quantitative estimate of drug-likeness (QED) is 0.0764. The Hall–Kier alpha value is -5.81. The third-order valence-electron chi connectivity index (χ3n) is 12.1. The predicted octanol–water partition coefficient (Wildman–Crippen LogP) is 5.94. The average Bonchev–Trinajstić information content (AvgIpc) is 3.51. The van der Waals surface area contributed by atoms with Crippen LogP contribution in [0.15, 0.2) is 63.6 Å². The fraction of sp³-hybridized carbons (Fsp3) is 0.468. The number of fused-ring (bicyclic) bond motifs is 2. The van der Waals surface area contributed by atoms with E-state index in [-0.39, 0.29) is 61.1 Å². The van der Waals surface area contributed by atoms with E-state index in [0.29, 0.717) is 18.9 Å². The number of rotatable bonds is 6. The zero-order valence-corrected chi connectivity index (χ0v) is 37.5. The number of esters is 1. The molecule has 4 aromatic rings. The smallest absolute Gasteiger partial charge is 0.312 e. The van der Waals surface area contributed by atoms with Crippen molar-refractivity contribution >= 4 is 56.3 Å². The van der Waals surface area contributed by atoms with Crippen LogP contribution in [0.2, 0.25) is 0 Å². The molecule has 0 saturated heterocycles. The van der Waals surface area contributed by atoms with E-state index in [1.165, 1.54) is 53.2 Å². The first kappa shape index (κ1) is 46.7. The maximum atomic E-state index is 14.8. The number of likely N-dealkylation sites (N-methyl/N-ethyl adjacent to an activating group) is 1. The number of carbonyl (C=O) groups excluding carboxylic acids is 3. The second kappa shape index (κ2) is 18.5. The van der Waals surface area contributed by atoms with Gasteiger partial charge in [0.2, 0.25) is 0 Å². The fourth-order valence-corrected chi connectivity index (χ4v) is 8.26. The minimum Gasteiger partial charge on any atom is -0.505 e. The van der Waals surface area contributed by atoms with Gasteiger partial charge in [-0.1, -0.05) is 52.0 Å². The Kier molecular flexibility index (Phi) is 13.7. The molecule has 0 fully saturated rings. The number of carbonyl (C=O) groups is 3. The Bertz CT molecular complexity index is 2600. The molecule has 0 aliphatic carbocycles. The summed E-state index contributed by atoms with van der Waals surface area (Å²) in [6.07, 6.45) is 3.59. The van der Waals surface area contributed by atoms with Gasteiger partial charge in [0.1, 0.15) is 40.9 Å². The van der Waals surface area contributed by atoms with Crippen LogP contribution in [0.25, 0.3) is 33.0 Å². The minimum absolute atomic E-state index is 0.0167. The number of phenolic OH excluding ortho intramolecular Hbond substituents is 1. The lowest BCUT2D eigenvalue weighted by Crippen LogP contribution is -2.46. The molecule has 16 heteroatoms. The molecule has 338 valence electrons. The van der Waals surface area contributed by atoms with Gasteiger partial charge in [0.25, 0.3) is 11.7 Å². The molecule has 0 radical (unpaired) electrons. The van der Waals surface area contributed by atoms with Gasteiger partial charge in [0.15, 0.2) is 22.3 Å². The molecule has 63 heavy (non-hydrogen) atoms. The van der Waals surface area contributed by atoms with Gasteiger partial charge in [-0.25, -0.2) is 4.98 Å². The molecule has 2 aliphatic heterocycles. The highest BCUT2D eigenvalue weighted by Gasteiger charge is 2.49. The van der Waals surface area contributed by atoms with E-state index in [2.05, 4.69) is 5.32 Å². The highest BCUT2D eigenvalue weighted by molar-refractivity contribution is 6.26. The molecule has 16 nitrogen and oxygen atoms in total. The van der Waals surface area contributed by atoms with E-state index in [9.17, 15) is 34.5 Å². The number of hydrogen-bond acceptors (Lipinski definition) is 15. The fourth-order valence-electron chi connectivity index (χ4n) is 8.26. The SMILES string of the molecule is CO[C@H]1/C=C/O[C@@]2(C)Oc3c(C)c(=O)c4c(O)c(c5oc6cccc(OCCN(C)C)c6nc5c4c3C2=O)NC(=O)/C(C)=C\C=C\[C@H](C)[C@H](O)[C@@H](C)[C@@H](O)[C@@H](C)[C@H](OC(C)=O)[C@@H]1C. The molecule has 1 amide bonds. The summed E-state index contributed by atoms with van der Waals surface area (Å²) in [4.78, 5) is 62.3. The summed E-state index contributed by atoms with van der Waals surface area (Å²) in [7, 11) is 5.25. The number of nitrogens with one attached hydrogen (secondary N) is 1. The summed E-state index contributed by atoms with van der Waals surface area (Å²) in [5, 5.41) is 37.3. The number of Topliss-reactive ketones (excluding diaryl/α,β-unsaturated/α-hetero) is 1. The van der Waals surface area contributed by atoms with E-state index in [0.717, 1.165) is 0 Å². The Morgan fingerprint density at radius 3 is 2.37 bits per heavy atom. The topological polar surface area (TPSA) is 216 Å². The number of allylic oxidation sites excluding steroid dienone is 2. The maximum Gasteiger partial charge on any atom is 0.312 e. The average molecular weight is 872 g/mol. The van der Waals surface area contributed by atoms with E-state index < -0.39 is 82.7 Å². The van der Waals surface area contributed by atoms with Crippen LogP contribution in [0, 0.1) is 30.6 Å². The third-order valence-corrected chi connectivity index (χ3v) is 12.1. The molecular formula is C47H57N3O13. The molecule has 3 heterocycles. The summed E-state index contributed by atoms with van der Waals surface area (Å²) >= 11 is 0. The van der Waals surface area contributed by atoms with Crippen LogP contribution < -0.4 is 20.2 Å². The highest BCUT2D eigenvalue weighted by Crippen LogP contribution is 2.49. The maximum absolute atomic E-state index is 14.8. The van der Waals surface area contributed by atoms with E-state index in [4.69, 9.17) is 33.1 Å². The van der Waals surface area contributed by atoms with Crippen molar-refractivity contribution in [2.75, 3.05) is 39.7 Å². The largest absolute Gasteiger partial charge is 0.505 e. The third kappa shape index (κ3) is 8.90. The highest BCUT2D eigenvalue weighted by atomic mass is 16.7. The molecular weight excluding hydrogens is 815 g/mol. The van der Waals surface area contributed by atoms with Crippen molar-refractivity contribution in [2.24, 2.45) is 23.7 Å². The molecule has 1 aromatic heterocycles.